The molecule has 5 aromatic rings. The Morgan fingerprint density at radius 2 is 1.48 bits per heavy atom. The average Bonchev–Trinajstić information content (AvgIpc) is 3.60. The number of hydrogen-bond acceptors (Lipinski definition) is 6. The fraction of sp³-hybridized carbons (Fsp3) is 0.275. The topological polar surface area (TPSA) is 112 Å². The molecule has 0 unspecified atom stereocenters. The minimum Gasteiger partial charge on any atom is -0.481 e. The second-order valence-electron chi connectivity index (χ2n) is 14.3. The van der Waals surface area contributed by atoms with E-state index < -0.39 is 52.8 Å². The maximum Gasteiger partial charge on any atom is 0.310 e. The number of rotatable bonds is 10. The van der Waals surface area contributed by atoms with Gasteiger partial charge in [0.15, 0.2) is 17.5 Å². The number of nitrogens with one attached hydrogen (secondary N) is 1. The van der Waals surface area contributed by atoms with Gasteiger partial charge in [0.25, 0.3) is 11.8 Å². The van der Waals surface area contributed by atoms with Gasteiger partial charge in [-0.25, -0.2) is 31.9 Å². The highest BCUT2D eigenvalue weighted by atomic mass is 32.1. The molecule has 54 heavy (non-hydrogen) atoms. The molecular weight excluding hydrogens is 728 g/mol. The van der Waals surface area contributed by atoms with Crippen LogP contribution >= 0.6 is 11.3 Å². The first-order valence-corrected chi connectivity index (χ1v) is 17.7. The highest BCUT2D eigenvalue weighted by Gasteiger charge is 2.39. The monoisotopic (exact) mass is 762 g/mol. The lowest BCUT2D eigenvalue weighted by atomic mass is 9.95. The molecule has 2 amide bonds. The normalized spacial score (nSPS) is 14.1. The number of carboxylic acids is 1. The van der Waals surface area contributed by atoms with Crippen LogP contribution in [0, 0.1) is 23.4 Å². The third kappa shape index (κ3) is 8.03. The highest BCUT2D eigenvalue weighted by Crippen LogP contribution is 2.36. The molecule has 8 nitrogen and oxygen atoms in total. The maximum absolute atomic E-state index is 15.2. The first-order chi connectivity index (χ1) is 25.4. The number of carboxylic acid groups (broad SMARTS) is 1. The molecule has 0 saturated carbocycles. The van der Waals surface area contributed by atoms with E-state index in [9.17, 15) is 37.1 Å². The molecule has 1 atom stereocenters. The van der Waals surface area contributed by atoms with E-state index in [1.807, 2.05) is 26.8 Å². The molecule has 0 aliphatic carbocycles. The Labute approximate surface area is 311 Å². The summed E-state index contributed by atoms with van der Waals surface area (Å²) in [5.41, 5.74) is 0.00849. The van der Waals surface area contributed by atoms with Gasteiger partial charge in [0.2, 0.25) is 5.91 Å². The van der Waals surface area contributed by atoms with Gasteiger partial charge in [0, 0.05) is 66.0 Å². The molecule has 0 radical (unpaired) electrons. The van der Waals surface area contributed by atoms with Gasteiger partial charge in [0.1, 0.15) is 11.9 Å². The van der Waals surface area contributed by atoms with Crippen LogP contribution in [-0.2, 0) is 27.3 Å². The van der Waals surface area contributed by atoms with Crippen LogP contribution in [0.25, 0.3) is 33.6 Å². The number of likely N-dealkylation sites (tertiary alicyclic amines) is 1. The van der Waals surface area contributed by atoms with Crippen molar-refractivity contribution in [3.8, 4) is 33.6 Å². The summed E-state index contributed by atoms with van der Waals surface area (Å²) in [4.78, 5) is 49.7. The van der Waals surface area contributed by atoms with Gasteiger partial charge in [-0.15, -0.1) is 11.3 Å². The number of alkyl halides is 2. The third-order valence-corrected chi connectivity index (χ3v) is 10.7. The molecular formula is C40H35F5N4O4S. The highest BCUT2D eigenvalue weighted by molar-refractivity contribution is 7.14. The first kappa shape index (κ1) is 38.2. The number of hydrogen-bond donors (Lipinski definition) is 2. The predicted molar refractivity (Wildman–Crippen MR) is 193 cm³/mol. The van der Waals surface area contributed by atoms with E-state index in [2.05, 4.69) is 15.3 Å². The van der Waals surface area contributed by atoms with Crippen LogP contribution in [0.5, 0.6) is 0 Å². The van der Waals surface area contributed by atoms with E-state index in [4.69, 9.17) is 0 Å². The Kier molecular flexibility index (Phi) is 10.4. The largest absolute Gasteiger partial charge is 0.481 e. The lowest BCUT2D eigenvalue weighted by molar-refractivity contribution is -0.153. The molecule has 2 N–H and O–H groups in total. The van der Waals surface area contributed by atoms with E-state index in [0.29, 0.717) is 34.3 Å². The van der Waals surface area contributed by atoms with Gasteiger partial charge < -0.3 is 15.3 Å². The number of aromatic nitrogens is 2. The Morgan fingerprint density at radius 3 is 2.06 bits per heavy atom. The molecule has 2 aromatic heterocycles. The molecule has 1 fully saturated rings. The molecule has 1 aliphatic heterocycles. The Morgan fingerprint density at radius 1 is 0.852 bits per heavy atom. The Balaban J connectivity index is 1.16. The summed E-state index contributed by atoms with van der Waals surface area (Å²) in [5.74, 6) is -9.71. The maximum atomic E-state index is 15.2. The number of amides is 2. The van der Waals surface area contributed by atoms with Crippen molar-refractivity contribution in [1.82, 2.24) is 20.2 Å². The summed E-state index contributed by atoms with van der Waals surface area (Å²) < 4.78 is 71.6. The van der Waals surface area contributed by atoms with Crippen molar-refractivity contribution in [2.24, 2.45) is 5.92 Å². The lowest BCUT2D eigenvalue weighted by Gasteiger charge is -2.38. The van der Waals surface area contributed by atoms with Gasteiger partial charge in [0.05, 0.1) is 16.4 Å². The quantitative estimate of drug-likeness (QED) is 0.139. The summed E-state index contributed by atoms with van der Waals surface area (Å²) in [7, 11) is 0. The fourth-order valence-corrected chi connectivity index (χ4v) is 6.96. The number of halogens is 5. The van der Waals surface area contributed by atoms with Crippen molar-refractivity contribution < 1.29 is 41.4 Å². The summed E-state index contributed by atoms with van der Waals surface area (Å²) in [6, 6.07) is 15.0. The fourth-order valence-electron chi connectivity index (χ4n) is 6.00. The van der Waals surface area contributed by atoms with E-state index in [-0.39, 0.29) is 47.5 Å². The van der Waals surface area contributed by atoms with Crippen LogP contribution in [-0.4, -0.2) is 56.9 Å². The average molecular weight is 763 g/mol. The predicted octanol–water partition coefficient (Wildman–Crippen LogP) is 8.25. The van der Waals surface area contributed by atoms with E-state index in [1.165, 1.54) is 40.8 Å². The molecule has 0 bridgehead atoms. The number of aliphatic carboxylic acids is 1. The third-order valence-electron chi connectivity index (χ3n) is 9.17. The zero-order valence-electron chi connectivity index (χ0n) is 29.6. The van der Waals surface area contributed by atoms with Crippen LogP contribution in [0.3, 0.4) is 0 Å². The van der Waals surface area contributed by atoms with Gasteiger partial charge in [-0.05, 0) is 40.8 Å². The molecule has 0 spiro atoms. The number of carbonyl (C=O) groups is 3. The standard InChI is InChI=1S/C40H35F5N4O4S/c1-39(2,3)32-14-13-31(54-32)36(50)48-30(37(51)49-19-25(20-49)38(52)53)15-21-5-7-22(8-6-21)35-46-17-24(18-47-35)26-10-9-23(16-29(26)41)27-11-12-28(40(4,44)45)34(43)33(27)42/h5-14,16-18,25,30H,15,19-20H2,1-4H3,(H,48,50)(H,52,53)/t30-/m0/s1. The first-order valence-electron chi connectivity index (χ1n) is 16.9. The van der Waals surface area contributed by atoms with Crippen LogP contribution in [0.15, 0.2) is 79.1 Å². The number of thiophene rings is 1. The van der Waals surface area contributed by atoms with Crippen molar-refractivity contribution in [3.05, 3.63) is 117 Å². The molecule has 3 aromatic carbocycles. The number of benzene rings is 3. The van der Waals surface area contributed by atoms with Crippen molar-refractivity contribution in [2.45, 2.75) is 51.5 Å². The lowest BCUT2D eigenvalue weighted by Crippen LogP contribution is -2.59. The van der Waals surface area contributed by atoms with Crippen molar-refractivity contribution in [1.29, 1.82) is 0 Å². The second kappa shape index (κ2) is 14.7. The van der Waals surface area contributed by atoms with Gasteiger partial charge in [-0.2, -0.15) is 0 Å². The van der Waals surface area contributed by atoms with Crippen LogP contribution in [0.4, 0.5) is 22.0 Å². The minimum atomic E-state index is -3.60. The zero-order valence-corrected chi connectivity index (χ0v) is 30.4. The van der Waals surface area contributed by atoms with E-state index in [0.717, 1.165) is 23.1 Å². The van der Waals surface area contributed by atoms with Crippen molar-refractivity contribution >= 4 is 29.1 Å². The molecule has 6 rings (SSSR count). The Bertz CT molecular complexity index is 2230. The van der Waals surface area contributed by atoms with Crippen molar-refractivity contribution in [3.63, 3.8) is 0 Å². The number of nitrogens with zero attached hydrogens (tertiary/aromatic N) is 3. The summed E-state index contributed by atoms with van der Waals surface area (Å²) >= 11 is 1.35. The molecule has 3 heterocycles. The summed E-state index contributed by atoms with van der Waals surface area (Å²) in [6.45, 7) is 6.69. The SMILES string of the molecule is CC(C)(C)c1ccc(C(=O)N[C@@H](Cc2ccc(-c3ncc(-c4ccc(-c5ccc(C(C)(F)F)c(F)c5F)cc4F)cn3)cc2)C(=O)N2CC(C(=O)O)C2)s1. The molecule has 1 saturated heterocycles. The minimum absolute atomic E-state index is 0.0460. The number of carbonyl (C=O) groups excluding carboxylic acids is 2. The van der Waals surface area contributed by atoms with E-state index in [1.54, 1.807) is 30.3 Å². The second-order valence-corrected chi connectivity index (χ2v) is 15.4. The molecule has 14 heteroatoms. The van der Waals surface area contributed by atoms with Crippen LogP contribution < -0.4 is 5.32 Å². The smallest absolute Gasteiger partial charge is 0.310 e. The molecule has 1 aliphatic rings. The van der Waals surface area contributed by atoms with Gasteiger partial charge in [-0.1, -0.05) is 63.2 Å². The van der Waals surface area contributed by atoms with Crippen LogP contribution in [0.2, 0.25) is 0 Å². The molecule has 280 valence electrons. The van der Waals surface area contributed by atoms with Crippen molar-refractivity contribution in [2.75, 3.05) is 13.1 Å². The Hall–Kier alpha value is -5.50. The summed E-state index contributed by atoms with van der Waals surface area (Å²) in [5, 5.41) is 12.1. The van der Waals surface area contributed by atoms with E-state index >= 15 is 4.39 Å². The summed E-state index contributed by atoms with van der Waals surface area (Å²) in [6.07, 6.45) is 2.92. The van der Waals surface area contributed by atoms with Crippen LogP contribution in [0.1, 0.15) is 53.4 Å². The van der Waals surface area contributed by atoms with Gasteiger partial charge in [-0.3, -0.25) is 14.4 Å². The van der Waals surface area contributed by atoms with Gasteiger partial charge >= 0.3 is 5.97 Å². The zero-order chi connectivity index (χ0) is 39.1.